The van der Waals surface area contributed by atoms with Crippen LogP contribution in [0.25, 0.3) is 5.82 Å². The normalized spacial score (nSPS) is 10.4. The average Bonchev–Trinajstić information content (AvgIpc) is 3.04. The molecule has 3 aromatic rings. The van der Waals surface area contributed by atoms with E-state index in [1.54, 1.807) is 38.2 Å². The quantitative estimate of drug-likeness (QED) is 0.566. The molecule has 0 N–H and O–H groups in total. The van der Waals surface area contributed by atoms with Crippen molar-refractivity contribution >= 4 is 5.97 Å². The molecule has 0 spiro atoms. The first kappa shape index (κ1) is 19.1. The fourth-order valence-electron chi connectivity index (χ4n) is 2.39. The van der Waals surface area contributed by atoms with Crippen LogP contribution in [0.2, 0.25) is 0 Å². The molecule has 10 heteroatoms. The van der Waals surface area contributed by atoms with Crippen LogP contribution in [-0.2, 0) is 4.74 Å². The topological polar surface area (TPSA) is 110 Å². The van der Waals surface area contributed by atoms with Crippen molar-refractivity contribution in [2.24, 2.45) is 0 Å². The number of hydrogen-bond acceptors (Lipinski definition) is 9. The highest BCUT2D eigenvalue weighted by molar-refractivity contribution is 5.91. The average molecular weight is 385 g/mol. The van der Waals surface area contributed by atoms with Crippen molar-refractivity contribution in [2.45, 2.75) is 13.8 Å². The minimum Gasteiger partial charge on any atom is -0.481 e. The number of carbonyl (C=O) groups excluding carboxylic acids is 1. The Kier molecular flexibility index (Phi) is 5.68. The number of aromatic nitrogens is 5. The highest BCUT2D eigenvalue weighted by Crippen LogP contribution is 2.31. The summed E-state index contributed by atoms with van der Waals surface area (Å²) in [6.45, 7) is 3.59. The molecule has 0 aromatic carbocycles. The standard InChI is InChI=1S/C18H19N5O5/c1-5-27-17(24)15-16(11(2)22-23(15)12-8-6-7-9-19-12)28-18-20-13(25-3)10-14(21-18)26-4/h6-10H,5H2,1-4H3. The van der Waals surface area contributed by atoms with Crippen molar-refractivity contribution in [3.63, 3.8) is 0 Å². The van der Waals surface area contributed by atoms with Crippen LogP contribution in [0.3, 0.4) is 0 Å². The zero-order valence-corrected chi connectivity index (χ0v) is 15.9. The maximum atomic E-state index is 12.6. The summed E-state index contributed by atoms with van der Waals surface area (Å²) in [5.74, 6) is 0.467. The minimum atomic E-state index is -0.612. The van der Waals surface area contributed by atoms with Gasteiger partial charge in [-0.15, -0.1) is 0 Å². The Hall–Kier alpha value is -3.69. The molecule has 3 heterocycles. The third-order valence-electron chi connectivity index (χ3n) is 3.61. The highest BCUT2D eigenvalue weighted by Gasteiger charge is 2.27. The number of esters is 1. The van der Waals surface area contributed by atoms with Gasteiger partial charge in [0.25, 0.3) is 0 Å². The van der Waals surface area contributed by atoms with E-state index in [0.717, 1.165) is 0 Å². The lowest BCUT2D eigenvalue weighted by Crippen LogP contribution is -2.14. The van der Waals surface area contributed by atoms with Crippen LogP contribution in [0.5, 0.6) is 23.5 Å². The van der Waals surface area contributed by atoms with Crippen LogP contribution in [0.15, 0.2) is 30.5 Å². The SMILES string of the molecule is CCOC(=O)c1c(Oc2nc(OC)cc(OC)n2)c(C)nn1-c1ccccn1. The van der Waals surface area contributed by atoms with Crippen LogP contribution in [0.1, 0.15) is 23.1 Å². The fraction of sp³-hybridized carbons (Fsp3) is 0.278. The Labute approximate surface area is 161 Å². The van der Waals surface area contributed by atoms with E-state index < -0.39 is 5.97 Å². The van der Waals surface area contributed by atoms with Gasteiger partial charge in [-0.25, -0.2) is 14.5 Å². The van der Waals surface area contributed by atoms with Crippen molar-refractivity contribution in [1.29, 1.82) is 0 Å². The molecule has 0 aliphatic rings. The predicted octanol–water partition coefficient (Wildman–Crippen LogP) is 2.35. The summed E-state index contributed by atoms with van der Waals surface area (Å²) in [6, 6.07) is 6.70. The van der Waals surface area contributed by atoms with E-state index in [9.17, 15) is 4.79 Å². The summed E-state index contributed by atoms with van der Waals surface area (Å²) >= 11 is 0. The molecule has 0 amide bonds. The lowest BCUT2D eigenvalue weighted by atomic mass is 10.3. The van der Waals surface area contributed by atoms with Gasteiger partial charge in [-0.2, -0.15) is 15.1 Å². The minimum absolute atomic E-state index is 0.0644. The summed E-state index contributed by atoms with van der Waals surface area (Å²) < 4.78 is 22.6. The van der Waals surface area contributed by atoms with Gasteiger partial charge in [0.1, 0.15) is 5.69 Å². The second-order valence-electron chi connectivity index (χ2n) is 5.42. The molecule has 0 atom stereocenters. The van der Waals surface area contributed by atoms with Gasteiger partial charge in [-0.1, -0.05) is 6.07 Å². The Bertz CT molecular complexity index is 952. The van der Waals surface area contributed by atoms with E-state index in [-0.39, 0.29) is 35.8 Å². The van der Waals surface area contributed by atoms with Crippen LogP contribution in [-0.4, -0.2) is 51.5 Å². The molecule has 3 rings (SSSR count). The number of nitrogens with zero attached hydrogens (tertiary/aromatic N) is 5. The van der Waals surface area contributed by atoms with E-state index in [1.165, 1.54) is 25.0 Å². The van der Waals surface area contributed by atoms with Gasteiger partial charge in [0.2, 0.25) is 11.8 Å². The van der Waals surface area contributed by atoms with Gasteiger partial charge in [-0.05, 0) is 26.0 Å². The highest BCUT2D eigenvalue weighted by atomic mass is 16.5. The van der Waals surface area contributed by atoms with Crippen molar-refractivity contribution < 1.29 is 23.7 Å². The zero-order chi connectivity index (χ0) is 20.1. The molecule has 0 radical (unpaired) electrons. The largest absolute Gasteiger partial charge is 0.481 e. The van der Waals surface area contributed by atoms with Gasteiger partial charge in [0.15, 0.2) is 17.3 Å². The maximum absolute atomic E-state index is 12.6. The second kappa shape index (κ2) is 8.33. The van der Waals surface area contributed by atoms with E-state index in [4.69, 9.17) is 18.9 Å². The van der Waals surface area contributed by atoms with E-state index in [2.05, 4.69) is 20.1 Å². The Morgan fingerprint density at radius 1 is 1.14 bits per heavy atom. The Morgan fingerprint density at radius 2 is 1.86 bits per heavy atom. The van der Waals surface area contributed by atoms with Gasteiger partial charge in [0.05, 0.1) is 26.9 Å². The van der Waals surface area contributed by atoms with Gasteiger partial charge < -0.3 is 18.9 Å². The molecule has 28 heavy (non-hydrogen) atoms. The van der Waals surface area contributed by atoms with Crippen molar-refractivity contribution in [1.82, 2.24) is 24.7 Å². The first-order valence-corrected chi connectivity index (χ1v) is 8.40. The summed E-state index contributed by atoms with van der Waals surface area (Å²) in [7, 11) is 2.92. The van der Waals surface area contributed by atoms with Crippen molar-refractivity contribution in [3.05, 3.63) is 41.9 Å². The van der Waals surface area contributed by atoms with Crippen LogP contribution in [0.4, 0.5) is 0 Å². The molecule has 0 aliphatic carbocycles. The molecule has 3 aromatic heterocycles. The Morgan fingerprint density at radius 3 is 2.43 bits per heavy atom. The number of carbonyl (C=O) groups is 1. The Balaban J connectivity index is 2.10. The second-order valence-corrected chi connectivity index (χ2v) is 5.42. The lowest BCUT2D eigenvalue weighted by Gasteiger charge is -2.10. The summed E-state index contributed by atoms with van der Waals surface area (Å²) in [5.41, 5.74) is 0.502. The molecule has 0 bridgehead atoms. The van der Waals surface area contributed by atoms with Crippen LogP contribution < -0.4 is 14.2 Å². The predicted molar refractivity (Wildman–Crippen MR) is 97.3 cm³/mol. The van der Waals surface area contributed by atoms with E-state index in [1.807, 2.05) is 0 Å². The molecule has 10 nitrogen and oxygen atoms in total. The first-order valence-electron chi connectivity index (χ1n) is 8.40. The molecule has 146 valence electrons. The maximum Gasteiger partial charge on any atom is 0.361 e. The zero-order valence-electron chi connectivity index (χ0n) is 15.9. The summed E-state index contributed by atoms with van der Waals surface area (Å²) in [5, 5.41) is 4.38. The molecular weight excluding hydrogens is 366 g/mol. The monoisotopic (exact) mass is 385 g/mol. The van der Waals surface area contributed by atoms with Crippen LogP contribution >= 0.6 is 0 Å². The number of rotatable bonds is 7. The van der Waals surface area contributed by atoms with Gasteiger partial charge in [0, 0.05) is 6.20 Å². The van der Waals surface area contributed by atoms with Gasteiger partial charge >= 0.3 is 12.0 Å². The fourth-order valence-corrected chi connectivity index (χ4v) is 2.39. The number of methoxy groups -OCH3 is 2. The number of pyridine rings is 1. The third kappa shape index (κ3) is 3.85. The van der Waals surface area contributed by atoms with Crippen LogP contribution in [0, 0.1) is 6.92 Å². The smallest absolute Gasteiger partial charge is 0.361 e. The molecule has 0 aliphatic heterocycles. The molecule has 0 fully saturated rings. The van der Waals surface area contributed by atoms with Crippen molar-refractivity contribution in [2.75, 3.05) is 20.8 Å². The summed E-state index contributed by atoms with van der Waals surface area (Å²) in [4.78, 5) is 25.1. The number of ether oxygens (including phenoxy) is 4. The van der Waals surface area contributed by atoms with E-state index >= 15 is 0 Å². The third-order valence-corrected chi connectivity index (χ3v) is 3.61. The summed E-state index contributed by atoms with van der Waals surface area (Å²) in [6.07, 6.45) is 1.60. The lowest BCUT2D eigenvalue weighted by molar-refractivity contribution is 0.0512. The molecule has 0 saturated carbocycles. The number of hydrogen-bond donors (Lipinski definition) is 0. The first-order chi connectivity index (χ1) is 13.6. The number of aryl methyl sites for hydroxylation is 1. The molecule has 0 saturated heterocycles. The van der Waals surface area contributed by atoms with Gasteiger partial charge in [-0.3, -0.25) is 0 Å². The van der Waals surface area contributed by atoms with E-state index in [0.29, 0.717) is 11.5 Å². The van der Waals surface area contributed by atoms with Crippen molar-refractivity contribution in [3.8, 4) is 29.3 Å². The molecular formula is C18H19N5O5. The molecule has 0 unspecified atom stereocenters.